The summed E-state index contributed by atoms with van der Waals surface area (Å²) in [6.45, 7) is 13.4. The summed E-state index contributed by atoms with van der Waals surface area (Å²) >= 11 is 0. The van der Waals surface area contributed by atoms with E-state index in [0.717, 1.165) is 45.3 Å². The van der Waals surface area contributed by atoms with Crippen molar-refractivity contribution >= 4 is 34.1 Å². The summed E-state index contributed by atoms with van der Waals surface area (Å²) in [4.78, 5) is 4.10. The zero-order valence-electron chi connectivity index (χ0n) is 32.1. The molecule has 7 aromatic carbocycles. The molecule has 2 aliphatic rings. The number of benzene rings is 7. The third-order valence-corrected chi connectivity index (χ3v) is 11.9. The van der Waals surface area contributed by atoms with Crippen LogP contribution in [0.15, 0.2) is 133 Å². The van der Waals surface area contributed by atoms with E-state index in [-0.39, 0.29) is 34.1 Å². The molecule has 0 N–H and O–H groups in total. The van der Waals surface area contributed by atoms with E-state index >= 15 is 0 Å². The van der Waals surface area contributed by atoms with Crippen molar-refractivity contribution in [3.05, 3.63) is 190 Å². The topological polar surface area (TPSA) is 6.48 Å². The van der Waals surface area contributed by atoms with Gasteiger partial charge in [0.1, 0.15) is 23.3 Å². The molecular weight excluding hydrogens is 705 g/mol. The van der Waals surface area contributed by atoms with E-state index in [9.17, 15) is 17.6 Å². The summed E-state index contributed by atoms with van der Waals surface area (Å²) in [5.41, 5.74) is 16.1. The van der Waals surface area contributed by atoms with Crippen LogP contribution in [-0.4, -0.2) is 0 Å². The monoisotopic (exact) mass is 744 g/mol. The maximum absolute atomic E-state index is 14.1. The van der Waals surface area contributed by atoms with Crippen molar-refractivity contribution in [1.82, 2.24) is 0 Å². The molecule has 7 aromatic rings. The molecule has 0 saturated heterocycles. The largest absolute Gasteiger partial charge is 0.310 e. The Morgan fingerprint density at radius 1 is 0.339 bits per heavy atom. The molecule has 0 bridgehead atoms. The summed E-state index contributed by atoms with van der Waals surface area (Å²) in [7, 11) is 0. The highest BCUT2D eigenvalue weighted by Gasteiger charge is 2.43. The molecule has 0 aliphatic heterocycles. The van der Waals surface area contributed by atoms with Gasteiger partial charge in [-0.3, -0.25) is 0 Å². The van der Waals surface area contributed by atoms with Crippen LogP contribution < -0.4 is 9.80 Å². The van der Waals surface area contributed by atoms with E-state index in [1.54, 1.807) is 48.5 Å². The number of nitrogens with zero attached hydrogens (tertiary/aromatic N) is 2. The summed E-state index contributed by atoms with van der Waals surface area (Å²) in [5, 5.41) is 0. The maximum atomic E-state index is 14.1. The molecule has 56 heavy (non-hydrogen) atoms. The predicted molar refractivity (Wildman–Crippen MR) is 220 cm³/mol. The van der Waals surface area contributed by atoms with E-state index in [1.807, 2.05) is 9.80 Å². The lowest BCUT2D eigenvalue weighted by atomic mass is 9.79. The third-order valence-electron chi connectivity index (χ3n) is 11.9. The minimum Gasteiger partial charge on any atom is -0.310 e. The first-order valence-electron chi connectivity index (χ1n) is 18.8. The second-order valence-electron chi connectivity index (χ2n) is 16.1. The molecule has 0 saturated carbocycles. The van der Waals surface area contributed by atoms with Crippen LogP contribution in [0.2, 0.25) is 0 Å². The van der Waals surface area contributed by atoms with Crippen LogP contribution in [0, 0.1) is 37.1 Å². The van der Waals surface area contributed by atoms with Gasteiger partial charge in [-0.2, -0.15) is 0 Å². The minimum atomic E-state index is -0.361. The molecule has 0 unspecified atom stereocenters. The van der Waals surface area contributed by atoms with Gasteiger partial charge in [-0.05, 0) is 203 Å². The zero-order chi connectivity index (χ0) is 39.3. The number of aryl methyl sites for hydroxylation is 2. The summed E-state index contributed by atoms with van der Waals surface area (Å²) in [5.74, 6) is -1.29. The smallest absolute Gasteiger partial charge is 0.123 e. The van der Waals surface area contributed by atoms with Gasteiger partial charge in [-0.25, -0.2) is 17.6 Å². The molecule has 2 aliphatic carbocycles. The average molecular weight is 745 g/mol. The van der Waals surface area contributed by atoms with Gasteiger partial charge in [0.15, 0.2) is 0 Å². The molecule has 278 valence electrons. The maximum Gasteiger partial charge on any atom is 0.123 e. The lowest BCUT2D eigenvalue weighted by Crippen LogP contribution is -2.18. The molecule has 0 aromatic heterocycles. The van der Waals surface area contributed by atoms with E-state index < -0.39 is 0 Å². The highest BCUT2D eigenvalue weighted by molar-refractivity contribution is 5.94. The molecule has 0 heterocycles. The fourth-order valence-electron chi connectivity index (χ4n) is 9.09. The number of rotatable bonds is 6. The predicted octanol–water partition coefficient (Wildman–Crippen LogP) is 14.4. The average Bonchev–Trinajstić information content (AvgIpc) is 3.53. The van der Waals surface area contributed by atoms with Gasteiger partial charge >= 0.3 is 0 Å². The molecule has 0 radical (unpaired) electrons. The van der Waals surface area contributed by atoms with Crippen molar-refractivity contribution in [3.8, 4) is 22.3 Å². The normalized spacial score (nSPS) is 14.2. The molecule has 0 atom stereocenters. The van der Waals surface area contributed by atoms with Gasteiger partial charge in [0.25, 0.3) is 0 Å². The van der Waals surface area contributed by atoms with E-state index in [1.165, 1.54) is 93.0 Å². The Bertz CT molecular complexity index is 2400. The number of anilines is 6. The Balaban J connectivity index is 1.18. The fraction of sp³-hybridized carbons (Fsp3) is 0.160. The highest BCUT2D eigenvalue weighted by Crippen LogP contribution is 2.59. The Kier molecular flexibility index (Phi) is 8.07. The quantitative estimate of drug-likeness (QED) is 0.156. The van der Waals surface area contributed by atoms with E-state index in [4.69, 9.17) is 0 Å². The lowest BCUT2D eigenvalue weighted by Gasteiger charge is -2.29. The second-order valence-corrected chi connectivity index (χ2v) is 16.1. The van der Waals surface area contributed by atoms with Crippen LogP contribution in [-0.2, 0) is 10.8 Å². The first-order valence-corrected chi connectivity index (χ1v) is 18.8. The molecule has 0 fully saturated rings. The first-order chi connectivity index (χ1) is 26.7. The van der Waals surface area contributed by atoms with Gasteiger partial charge in [-0.15, -0.1) is 0 Å². The van der Waals surface area contributed by atoms with Crippen molar-refractivity contribution < 1.29 is 17.6 Å². The van der Waals surface area contributed by atoms with Crippen molar-refractivity contribution in [2.75, 3.05) is 9.80 Å². The van der Waals surface area contributed by atoms with Crippen LogP contribution in [0.1, 0.15) is 61.1 Å². The van der Waals surface area contributed by atoms with Crippen molar-refractivity contribution in [3.63, 3.8) is 0 Å². The second kappa shape index (κ2) is 12.7. The lowest BCUT2D eigenvalue weighted by molar-refractivity contribution is 0.627. The molecule has 0 amide bonds. The van der Waals surface area contributed by atoms with Gasteiger partial charge in [0.05, 0.1) is 0 Å². The molecule has 2 nitrogen and oxygen atoms in total. The van der Waals surface area contributed by atoms with Crippen molar-refractivity contribution in [2.45, 2.75) is 52.4 Å². The molecule has 9 rings (SSSR count). The summed E-state index contributed by atoms with van der Waals surface area (Å²) in [6.07, 6.45) is 0. The number of hydrogen-bond donors (Lipinski definition) is 0. The van der Waals surface area contributed by atoms with E-state index in [2.05, 4.69) is 77.9 Å². The number of halogens is 4. The van der Waals surface area contributed by atoms with Crippen molar-refractivity contribution in [2.24, 2.45) is 0 Å². The van der Waals surface area contributed by atoms with Crippen LogP contribution in [0.4, 0.5) is 51.7 Å². The highest BCUT2D eigenvalue weighted by atomic mass is 19.1. The van der Waals surface area contributed by atoms with Crippen LogP contribution in [0.3, 0.4) is 0 Å². The van der Waals surface area contributed by atoms with Gasteiger partial charge in [0, 0.05) is 45.0 Å². The van der Waals surface area contributed by atoms with Gasteiger partial charge in [0.2, 0.25) is 0 Å². The van der Waals surface area contributed by atoms with E-state index in [0.29, 0.717) is 0 Å². The fourth-order valence-corrected chi connectivity index (χ4v) is 9.09. The number of fused-ring (bicyclic) bond motifs is 6. The Morgan fingerprint density at radius 2 is 0.607 bits per heavy atom. The summed E-state index contributed by atoms with van der Waals surface area (Å²) < 4.78 is 56.4. The Labute approximate surface area is 325 Å². The summed E-state index contributed by atoms with van der Waals surface area (Å²) in [6, 6.07) is 39.1. The molecule has 6 heteroatoms. The minimum absolute atomic E-state index is 0.323. The van der Waals surface area contributed by atoms with Crippen molar-refractivity contribution in [1.29, 1.82) is 0 Å². The van der Waals surface area contributed by atoms with Crippen LogP contribution in [0.25, 0.3) is 22.3 Å². The third kappa shape index (κ3) is 5.53. The zero-order valence-corrected chi connectivity index (χ0v) is 32.1. The SMILES string of the molecule is Cc1cc(N(c2ccc(F)cc2)c2ccc(F)cc2)cc2c1-c1cc3c(cc1C2(C)C)-c1c(C)cc(N(c2ccc(F)cc2)c2ccc(F)cc2)cc1C3(C)C. The van der Waals surface area contributed by atoms with Crippen LogP contribution in [0.5, 0.6) is 0 Å². The Hall–Kier alpha value is -6.14. The van der Waals surface area contributed by atoms with Gasteiger partial charge in [-0.1, -0.05) is 27.7 Å². The molecule has 0 spiro atoms. The van der Waals surface area contributed by atoms with Crippen LogP contribution >= 0.6 is 0 Å². The molecular formula is C50H40F4N2. The first kappa shape index (κ1) is 35.6. The Morgan fingerprint density at radius 3 is 0.875 bits per heavy atom. The standard InChI is InChI=1S/C50H40F4N2/c1-29-23-39(55(35-15-7-31(51)8-16-35)36-17-9-32(52)10-18-36)25-45-47(29)41-27-44-42(28-43(41)49(45,3)4)48-30(2)24-40(26-46(48)50(44,5)6)56(37-19-11-33(53)12-20-37)38-21-13-34(54)14-22-38/h7-28H,1-6H3. The van der Waals surface area contributed by atoms with Gasteiger partial charge < -0.3 is 9.80 Å². The number of hydrogen-bond acceptors (Lipinski definition) is 2.